The van der Waals surface area contributed by atoms with Gasteiger partial charge >= 0.3 is 0 Å². The van der Waals surface area contributed by atoms with Crippen molar-refractivity contribution in [2.75, 3.05) is 0 Å². The molecule has 0 spiro atoms. The molecule has 25 heavy (non-hydrogen) atoms. The molecule has 0 aliphatic rings. The van der Waals surface area contributed by atoms with Crippen molar-refractivity contribution in [3.63, 3.8) is 0 Å². The highest BCUT2D eigenvalue weighted by Crippen LogP contribution is 2.08. The minimum absolute atomic E-state index is 0.0536. The average Bonchev–Trinajstić information content (AvgIpc) is 2.97. The van der Waals surface area contributed by atoms with Gasteiger partial charge in [-0.25, -0.2) is 9.67 Å². The first-order valence-corrected chi connectivity index (χ1v) is 7.99. The number of benzene rings is 1. The smallest absolute Gasteiger partial charge is 0.276 e. The standard InChI is InChI=1S/C19H19N3O3/c1-14(23)9-17-11-21-22(19(17)24)18-8-7-16(10-20-18)13-25-12-15-5-3-2-4-6-15/h2-8,10-11,21H,9,12-13H2,1H3. The molecule has 128 valence electrons. The van der Waals surface area contributed by atoms with Gasteiger partial charge in [-0.15, -0.1) is 0 Å². The average molecular weight is 337 g/mol. The summed E-state index contributed by atoms with van der Waals surface area (Å²) in [6, 6.07) is 13.6. The molecule has 3 aromatic rings. The fourth-order valence-electron chi connectivity index (χ4n) is 2.47. The topological polar surface area (TPSA) is 77.0 Å². The van der Waals surface area contributed by atoms with Crippen LogP contribution >= 0.6 is 0 Å². The molecule has 0 unspecified atom stereocenters. The summed E-state index contributed by atoms with van der Waals surface area (Å²) in [6.45, 7) is 2.43. The molecule has 0 amide bonds. The Hall–Kier alpha value is -2.99. The lowest BCUT2D eigenvalue weighted by Gasteiger charge is -2.05. The van der Waals surface area contributed by atoms with Gasteiger partial charge in [-0.2, -0.15) is 0 Å². The molecule has 2 aromatic heterocycles. The molecular formula is C19H19N3O3. The number of pyridine rings is 1. The van der Waals surface area contributed by atoms with Crippen LogP contribution in [0.2, 0.25) is 0 Å². The van der Waals surface area contributed by atoms with E-state index in [1.807, 2.05) is 36.4 Å². The fraction of sp³-hybridized carbons (Fsp3) is 0.211. The number of carbonyl (C=O) groups excluding carboxylic acids is 1. The summed E-state index contributed by atoms with van der Waals surface area (Å²) in [4.78, 5) is 27.7. The Morgan fingerprint density at radius 3 is 2.56 bits per heavy atom. The number of Topliss-reactive ketones (excluding diaryl/α,β-unsaturated/α-hetero) is 1. The van der Waals surface area contributed by atoms with Gasteiger partial charge in [0.05, 0.1) is 13.2 Å². The van der Waals surface area contributed by atoms with Crippen LogP contribution < -0.4 is 5.56 Å². The van der Waals surface area contributed by atoms with Gasteiger partial charge in [0.1, 0.15) is 5.78 Å². The maximum absolute atomic E-state index is 12.2. The Morgan fingerprint density at radius 2 is 1.88 bits per heavy atom. The summed E-state index contributed by atoms with van der Waals surface area (Å²) in [6.07, 6.45) is 3.34. The molecule has 3 rings (SSSR count). The van der Waals surface area contributed by atoms with Crippen molar-refractivity contribution in [1.29, 1.82) is 0 Å². The number of carbonyl (C=O) groups is 1. The number of aromatic amines is 1. The van der Waals surface area contributed by atoms with E-state index in [0.29, 0.717) is 24.6 Å². The van der Waals surface area contributed by atoms with E-state index in [9.17, 15) is 9.59 Å². The molecule has 0 aliphatic heterocycles. The summed E-state index contributed by atoms with van der Waals surface area (Å²) in [7, 11) is 0. The first kappa shape index (κ1) is 16.9. The van der Waals surface area contributed by atoms with Crippen LogP contribution in [0.25, 0.3) is 5.82 Å². The first-order chi connectivity index (χ1) is 12.1. The third-order valence-electron chi connectivity index (χ3n) is 3.70. The van der Waals surface area contributed by atoms with Crippen LogP contribution in [0.1, 0.15) is 23.6 Å². The summed E-state index contributed by atoms with van der Waals surface area (Å²) in [5.74, 6) is 0.425. The number of aromatic nitrogens is 3. The molecule has 0 atom stereocenters. The zero-order valence-corrected chi connectivity index (χ0v) is 13.9. The zero-order valence-electron chi connectivity index (χ0n) is 13.9. The Kier molecular flexibility index (Phi) is 5.20. The maximum Gasteiger partial charge on any atom is 0.276 e. The van der Waals surface area contributed by atoms with Gasteiger partial charge in [-0.05, 0) is 24.1 Å². The molecule has 6 nitrogen and oxygen atoms in total. The molecule has 0 saturated carbocycles. The molecule has 0 aliphatic carbocycles. The van der Waals surface area contributed by atoms with Crippen LogP contribution in [0, 0.1) is 0 Å². The molecule has 0 radical (unpaired) electrons. The van der Waals surface area contributed by atoms with Crippen molar-refractivity contribution in [3.05, 3.63) is 81.9 Å². The summed E-state index contributed by atoms with van der Waals surface area (Å²) >= 11 is 0. The van der Waals surface area contributed by atoms with E-state index in [1.54, 1.807) is 18.5 Å². The number of ether oxygens (including phenoxy) is 1. The van der Waals surface area contributed by atoms with Gasteiger partial charge in [-0.1, -0.05) is 36.4 Å². The third-order valence-corrected chi connectivity index (χ3v) is 3.70. The molecular weight excluding hydrogens is 318 g/mol. The second-order valence-electron chi connectivity index (χ2n) is 5.82. The van der Waals surface area contributed by atoms with Crippen LogP contribution in [-0.4, -0.2) is 20.5 Å². The van der Waals surface area contributed by atoms with E-state index in [4.69, 9.17) is 4.74 Å². The van der Waals surface area contributed by atoms with Crippen molar-refractivity contribution >= 4 is 5.78 Å². The molecule has 0 bridgehead atoms. The van der Waals surface area contributed by atoms with E-state index in [0.717, 1.165) is 11.1 Å². The maximum atomic E-state index is 12.2. The highest BCUT2D eigenvalue weighted by molar-refractivity contribution is 5.77. The van der Waals surface area contributed by atoms with E-state index in [1.165, 1.54) is 11.6 Å². The number of hydrogen-bond acceptors (Lipinski definition) is 4. The van der Waals surface area contributed by atoms with Crippen LogP contribution in [0.3, 0.4) is 0 Å². The van der Waals surface area contributed by atoms with Crippen molar-refractivity contribution in [3.8, 4) is 5.82 Å². The van der Waals surface area contributed by atoms with Crippen molar-refractivity contribution in [1.82, 2.24) is 14.8 Å². The van der Waals surface area contributed by atoms with Gasteiger partial charge in [0.25, 0.3) is 5.56 Å². The lowest BCUT2D eigenvalue weighted by atomic mass is 10.2. The molecule has 6 heteroatoms. The van der Waals surface area contributed by atoms with E-state index >= 15 is 0 Å². The highest BCUT2D eigenvalue weighted by atomic mass is 16.5. The van der Waals surface area contributed by atoms with Gasteiger partial charge < -0.3 is 4.74 Å². The highest BCUT2D eigenvalue weighted by Gasteiger charge is 2.10. The van der Waals surface area contributed by atoms with Crippen LogP contribution in [0.15, 0.2) is 59.7 Å². The van der Waals surface area contributed by atoms with Gasteiger partial charge in [0.2, 0.25) is 0 Å². The van der Waals surface area contributed by atoms with Gasteiger partial charge in [0.15, 0.2) is 5.82 Å². The first-order valence-electron chi connectivity index (χ1n) is 7.99. The number of ketones is 1. The number of rotatable bonds is 7. The Labute approximate surface area is 145 Å². The number of hydrogen-bond donors (Lipinski definition) is 1. The van der Waals surface area contributed by atoms with Crippen molar-refractivity contribution < 1.29 is 9.53 Å². The van der Waals surface area contributed by atoms with Crippen LogP contribution in [0.4, 0.5) is 0 Å². The fourth-order valence-corrected chi connectivity index (χ4v) is 2.47. The minimum Gasteiger partial charge on any atom is -0.372 e. The monoisotopic (exact) mass is 337 g/mol. The molecule has 0 saturated heterocycles. The van der Waals surface area contributed by atoms with E-state index in [-0.39, 0.29) is 17.8 Å². The summed E-state index contributed by atoms with van der Waals surface area (Å²) < 4.78 is 7.00. The quantitative estimate of drug-likeness (QED) is 0.718. The van der Waals surface area contributed by atoms with E-state index in [2.05, 4.69) is 10.1 Å². The Morgan fingerprint density at radius 1 is 1.12 bits per heavy atom. The predicted octanol–water partition coefficient (Wildman–Crippen LogP) is 2.41. The van der Waals surface area contributed by atoms with Gasteiger partial charge in [0, 0.05) is 24.4 Å². The summed E-state index contributed by atoms with van der Waals surface area (Å²) in [5.41, 5.74) is 2.21. The Balaban J connectivity index is 1.63. The predicted molar refractivity (Wildman–Crippen MR) is 93.5 cm³/mol. The minimum atomic E-state index is -0.254. The SMILES string of the molecule is CC(=O)Cc1c[nH]n(-c2ccc(COCc3ccccc3)cn2)c1=O. The lowest BCUT2D eigenvalue weighted by Crippen LogP contribution is -2.19. The lowest BCUT2D eigenvalue weighted by molar-refractivity contribution is -0.116. The van der Waals surface area contributed by atoms with Crippen molar-refractivity contribution in [2.24, 2.45) is 0 Å². The largest absolute Gasteiger partial charge is 0.372 e. The summed E-state index contributed by atoms with van der Waals surface area (Å²) in [5, 5.41) is 2.84. The van der Waals surface area contributed by atoms with Crippen LogP contribution in [0.5, 0.6) is 0 Å². The number of nitrogens with zero attached hydrogens (tertiary/aromatic N) is 2. The second-order valence-corrected chi connectivity index (χ2v) is 5.82. The van der Waals surface area contributed by atoms with E-state index < -0.39 is 0 Å². The zero-order chi connectivity index (χ0) is 17.6. The number of nitrogens with one attached hydrogen (secondary N) is 1. The normalized spacial score (nSPS) is 10.8. The van der Waals surface area contributed by atoms with Gasteiger partial charge in [-0.3, -0.25) is 14.7 Å². The molecule has 2 heterocycles. The third kappa shape index (κ3) is 4.30. The molecule has 1 aromatic carbocycles. The van der Waals surface area contributed by atoms with Crippen LogP contribution in [-0.2, 0) is 29.2 Å². The molecule has 0 fully saturated rings. The number of H-pyrrole nitrogens is 1. The van der Waals surface area contributed by atoms with Crippen molar-refractivity contribution in [2.45, 2.75) is 26.6 Å². The second kappa shape index (κ2) is 7.72. The molecule has 1 N–H and O–H groups in total. The Bertz CT molecular complexity index is 896.